The van der Waals surface area contributed by atoms with E-state index < -0.39 is 64.4 Å². The molecule has 1 aromatic heterocycles. The fraction of sp³-hybridized carbons (Fsp3) is 0.400. The largest absolute Gasteiger partial charge is 0.498 e. The first-order valence-electron chi connectivity index (χ1n) is 15.3. The Kier molecular flexibility index (Phi) is 11.9. The zero-order valence-electron chi connectivity index (χ0n) is 27.5. The van der Waals surface area contributed by atoms with Crippen LogP contribution in [0.2, 0.25) is 0 Å². The molecule has 52 heavy (non-hydrogen) atoms. The Labute approximate surface area is 307 Å². The summed E-state index contributed by atoms with van der Waals surface area (Å²) in [7, 11) is 2.80. The Morgan fingerprint density at radius 3 is 2.19 bits per heavy atom. The quantitative estimate of drug-likeness (QED) is 0.0477. The number of oxime groups is 1. The van der Waals surface area contributed by atoms with Gasteiger partial charge < -0.3 is 47.0 Å². The van der Waals surface area contributed by atoms with Gasteiger partial charge in [-0.05, 0) is 24.0 Å². The van der Waals surface area contributed by atoms with Crippen LogP contribution in [-0.4, -0.2) is 133 Å². The van der Waals surface area contributed by atoms with E-state index in [2.05, 4.69) is 20.8 Å². The number of nitrogens with one attached hydrogen (secondary N) is 2. The molecule has 9 N–H and O–H groups in total. The van der Waals surface area contributed by atoms with Gasteiger partial charge in [-0.25, -0.2) is 14.6 Å². The Morgan fingerprint density at radius 2 is 1.65 bits per heavy atom. The Morgan fingerprint density at radius 1 is 1.02 bits per heavy atom. The van der Waals surface area contributed by atoms with Crippen LogP contribution in [0.25, 0.3) is 0 Å². The molecule has 22 heteroatoms. The topological polar surface area (TPSA) is 289 Å². The molecule has 5 aliphatic rings. The fourth-order valence-electron chi connectivity index (χ4n) is 5.82. The van der Waals surface area contributed by atoms with Crippen LogP contribution in [0, 0.1) is 0 Å². The number of anilines is 1. The number of β-lactam (4-membered cyclic amide) rings is 2. The number of carbonyl (C=O) groups excluding carboxylic acids is 4. The second kappa shape index (κ2) is 16.2. The Hall–Kier alpha value is -4.90. The van der Waals surface area contributed by atoms with Gasteiger partial charge >= 0.3 is 11.9 Å². The minimum Gasteiger partial charge on any atom is -0.498 e. The highest BCUT2D eigenvalue weighted by atomic mass is 32.2. The number of methoxy groups -OCH3 is 2. The molecule has 2 fully saturated rings. The van der Waals surface area contributed by atoms with E-state index in [1.807, 2.05) is 18.2 Å². The standard InChI is InChI=1S/C16H19N3O5S.C14H15N5O6S2/c1-24-9-7-25-15-11(14(21)19(15)12(9)16(22)23)18-13(20)10(17)8-5-3-2-4-6-8;1-25-2-5-3-26-12-8(11(21)19(12)9(5)13(22)23)17-10(20)7(18-24)6-4-27-14(15)16-6/h2-3,6,10-11,15H,4-5,7,17H2,1H3,(H,18,20)(H,22,23);4,8,12,24H,2-3H2,1H3,(H2,15,16)(H,17,20)(H,22,23)/b;18-7-/t10-,11-,15-;8-,12-/m11/s1. The van der Waals surface area contributed by atoms with Crippen molar-refractivity contribution < 1.29 is 53.7 Å². The first-order valence-corrected chi connectivity index (χ1v) is 18.3. The fourth-order valence-corrected chi connectivity index (χ4v) is 9.01. The van der Waals surface area contributed by atoms with Crippen LogP contribution in [0.1, 0.15) is 18.5 Å². The van der Waals surface area contributed by atoms with Crippen LogP contribution < -0.4 is 22.1 Å². The summed E-state index contributed by atoms with van der Waals surface area (Å²) in [6, 6.07) is -2.55. The minimum atomic E-state index is -1.24. The predicted octanol–water partition coefficient (Wildman–Crippen LogP) is -0.779. The van der Waals surface area contributed by atoms with Crippen LogP contribution in [0.4, 0.5) is 5.13 Å². The van der Waals surface area contributed by atoms with E-state index >= 15 is 0 Å². The Bertz CT molecular complexity index is 1840. The van der Waals surface area contributed by atoms with Crippen molar-refractivity contribution in [3.05, 3.63) is 57.6 Å². The van der Waals surface area contributed by atoms with Crippen LogP contribution in [0.15, 0.2) is 57.1 Å². The number of carboxylic acid groups (broad SMARTS) is 2. The van der Waals surface area contributed by atoms with Crippen molar-refractivity contribution in [2.24, 2.45) is 10.9 Å². The van der Waals surface area contributed by atoms with Gasteiger partial charge in [0, 0.05) is 18.2 Å². The first kappa shape index (κ1) is 38.3. The van der Waals surface area contributed by atoms with Crippen molar-refractivity contribution in [1.29, 1.82) is 0 Å². The number of allylic oxidation sites excluding steroid dienone is 3. The number of nitrogen functional groups attached to an aromatic ring is 1. The number of rotatable bonds is 11. The highest BCUT2D eigenvalue weighted by molar-refractivity contribution is 8.00. The number of carbonyl (C=O) groups is 6. The molecule has 19 nitrogen and oxygen atoms in total. The molecule has 1 aromatic rings. The predicted molar refractivity (Wildman–Crippen MR) is 188 cm³/mol. The molecule has 2 saturated heterocycles. The van der Waals surface area contributed by atoms with Crippen molar-refractivity contribution in [2.75, 3.05) is 38.1 Å². The number of fused-ring (bicyclic) bond motifs is 2. The maximum absolute atomic E-state index is 12.5. The van der Waals surface area contributed by atoms with Crippen molar-refractivity contribution in [3.8, 4) is 0 Å². The smallest absolute Gasteiger partial charge is 0.356 e. The van der Waals surface area contributed by atoms with Gasteiger partial charge in [0.15, 0.2) is 16.5 Å². The molecular weight excluding hydrogens is 745 g/mol. The normalized spacial score (nSPS) is 24.3. The monoisotopic (exact) mass is 778 g/mol. The molecule has 0 unspecified atom stereocenters. The van der Waals surface area contributed by atoms with E-state index in [9.17, 15) is 39.0 Å². The lowest BCUT2D eigenvalue weighted by molar-refractivity contribution is -0.151. The van der Waals surface area contributed by atoms with Gasteiger partial charge in [0.2, 0.25) is 5.91 Å². The third-order valence-corrected chi connectivity index (χ3v) is 11.6. The van der Waals surface area contributed by atoms with Crippen LogP contribution >= 0.6 is 34.9 Å². The summed E-state index contributed by atoms with van der Waals surface area (Å²) in [5, 5.41) is 36.6. The number of amides is 4. The molecule has 5 atom stereocenters. The summed E-state index contributed by atoms with van der Waals surface area (Å²) in [4.78, 5) is 78.8. The zero-order valence-corrected chi connectivity index (χ0v) is 30.0. The molecule has 0 radical (unpaired) electrons. The van der Waals surface area contributed by atoms with Crippen molar-refractivity contribution in [2.45, 2.75) is 41.7 Å². The molecule has 0 aromatic carbocycles. The lowest BCUT2D eigenvalue weighted by atomic mass is 9.97. The number of thioether (sulfide) groups is 2. The van der Waals surface area contributed by atoms with E-state index in [0.717, 1.165) is 33.1 Å². The van der Waals surface area contributed by atoms with Crippen molar-refractivity contribution >= 4 is 81.3 Å². The molecule has 278 valence electrons. The number of aliphatic carboxylic acids is 2. The van der Waals surface area contributed by atoms with Crippen LogP contribution in [-0.2, 0) is 38.2 Å². The average Bonchev–Trinajstić information content (AvgIpc) is 3.57. The van der Waals surface area contributed by atoms with Gasteiger partial charge in [-0.15, -0.1) is 34.9 Å². The number of nitrogens with two attached hydrogens (primary N) is 2. The van der Waals surface area contributed by atoms with Crippen LogP contribution in [0.5, 0.6) is 0 Å². The van der Waals surface area contributed by atoms with Gasteiger partial charge in [-0.3, -0.25) is 29.0 Å². The van der Waals surface area contributed by atoms with Gasteiger partial charge in [-0.1, -0.05) is 23.4 Å². The van der Waals surface area contributed by atoms with Crippen LogP contribution in [0.3, 0.4) is 0 Å². The van der Waals surface area contributed by atoms with Crippen molar-refractivity contribution in [3.63, 3.8) is 0 Å². The van der Waals surface area contributed by atoms with Gasteiger partial charge in [0.25, 0.3) is 17.7 Å². The van der Waals surface area contributed by atoms with Gasteiger partial charge in [-0.2, -0.15) is 0 Å². The number of nitrogens with zero attached hydrogens (tertiary/aromatic N) is 4. The summed E-state index contributed by atoms with van der Waals surface area (Å²) in [5.41, 5.74) is 12.2. The van der Waals surface area contributed by atoms with Crippen molar-refractivity contribution in [1.82, 2.24) is 25.4 Å². The van der Waals surface area contributed by atoms with E-state index in [-0.39, 0.29) is 40.3 Å². The zero-order chi connectivity index (χ0) is 37.9. The third-order valence-electron chi connectivity index (χ3n) is 8.33. The van der Waals surface area contributed by atoms with E-state index in [0.29, 0.717) is 23.5 Å². The number of aromatic nitrogens is 1. The number of carboxylic acids is 2. The highest BCUT2D eigenvalue weighted by Gasteiger charge is 2.56. The van der Waals surface area contributed by atoms with E-state index in [1.54, 1.807) is 0 Å². The molecule has 0 saturated carbocycles. The maximum atomic E-state index is 12.5. The highest BCUT2D eigenvalue weighted by Crippen LogP contribution is 2.41. The molecule has 5 heterocycles. The van der Waals surface area contributed by atoms with E-state index in [4.69, 9.17) is 26.1 Å². The minimum absolute atomic E-state index is 0.0749. The summed E-state index contributed by atoms with van der Waals surface area (Å²) in [6.07, 6.45) is 7.20. The molecule has 4 amide bonds. The SMILES string of the molecule is COC1=C(C(=O)O)N2C(=O)[C@@H](NC(=O)[C@H](N)C3=CCC=CC3)[C@H]2SC1.COCC1=C(C(=O)O)N2C(=O)[C@@H](NC(=O)/C(=N\O)c3csc(N)n3)[C@H]2SC1. The molecule has 0 spiro atoms. The number of hydrogen-bond acceptors (Lipinski definition) is 16. The summed E-state index contributed by atoms with van der Waals surface area (Å²) in [5.74, 6) is -3.84. The second-order valence-electron chi connectivity index (χ2n) is 11.4. The molecule has 4 aliphatic heterocycles. The Balaban J connectivity index is 0.000000202. The third kappa shape index (κ3) is 7.37. The summed E-state index contributed by atoms with van der Waals surface area (Å²) < 4.78 is 10.1. The molecule has 6 rings (SSSR count). The molecular formula is C30H34N8O11S3. The van der Waals surface area contributed by atoms with Gasteiger partial charge in [0.1, 0.15) is 46.0 Å². The van der Waals surface area contributed by atoms with Gasteiger partial charge in [0.05, 0.1) is 19.5 Å². The number of thiazole rings is 1. The number of ether oxygens (including phenoxy) is 2. The molecule has 1 aliphatic carbocycles. The lowest BCUT2D eigenvalue weighted by Gasteiger charge is -2.49. The molecule has 0 bridgehead atoms. The first-order chi connectivity index (χ1) is 24.8. The number of hydrogen-bond donors (Lipinski definition) is 7. The lowest BCUT2D eigenvalue weighted by Crippen LogP contribution is -2.71. The summed E-state index contributed by atoms with van der Waals surface area (Å²) in [6.45, 7) is 0.0920. The summed E-state index contributed by atoms with van der Waals surface area (Å²) >= 11 is 3.72. The average molecular weight is 779 g/mol. The second-order valence-corrected chi connectivity index (χ2v) is 14.5. The maximum Gasteiger partial charge on any atom is 0.356 e. The van der Waals surface area contributed by atoms with E-state index in [1.165, 1.54) is 43.1 Å².